The standard InChI is InChI=1S/C16H24N2S/c1-11-8-9-15(13(10-11)16(17)19)18(3)14-7-5-4-6-12(14)2/h8-10,12,14H,4-7H2,1-3H3,(H2,17,19). The van der Waals surface area contributed by atoms with Crippen molar-refractivity contribution in [1.82, 2.24) is 0 Å². The molecule has 2 rings (SSSR count). The molecular weight excluding hydrogens is 252 g/mol. The summed E-state index contributed by atoms with van der Waals surface area (Å²) in [6.45, 7) is 4.43. The molecule has 19 heavy (non-hydrogen) atoms. The number of benzene rings is 1. The predicted molar refractivity (Wildman–Crippen MR) is 86.9 cm³/mol. The number of hydrogen-bond donors (Lipinski definition) is 1. The van der Waals surface area contributed by atoms with Crippen molar-refractivity contribution >= 4 is 22.9 Å². The molecule has 1 aromatic rings. The van der Waals surface area contributed by atoms with Crippen molar-refractivity contribution in [2.75, 3.05) is 11.9 Å². The van der Waals surface area contributed by atoms with Crippen molar-refractivity contribution < 1.29 is 0 Å². The summed E-state index contributed by atoms with van der Waals surface area (Å²) in [5.74, 6) is 0.735. The average Bonchev–Trinajstić information content (AvgIpc) is 2.38. The number of nitrogens with zero attached hydrogens (tertiary/aromatic N) is 1. The molecule has 1 aromatic carbocycles. The third kappa shape index (κ3) is 3.08. The van der Waals surface area contributed by atoms with Crippen molar-refractivity contribution in [3.8, 4) is 0 Å². The second-order valence-corrected chi connectivity index (χ2v) is 6.26. The smallest absolute Gasteiger partial charge is 0.106 e. The van der Waals surface area contributed by atoms with E-state index in [1.807, 2.05) is 0 Å². The highest BCUT2D eigenvalue weighted by atomic mass is 32.1. The van der Waals surface area contributed by atoms with Crippen LogP contribution in [0.1, 0.15) is 43.7 Å². The molecule has 2 N–H and O–H groups in total. The lowest BCUT2D eigenvalue weighted by Gasteiger charge is -2.38. The molecule has 1 aliphatic rings. The maximum atomic E-state index is 5.89. The van der Waals surface area contributed by atoms with Crippen LogP contribution in [0, 0.1) is 12.8 Å². The van der Waals surface area contributed by atoms with Crippen LogP contribution in [0.5, 0.6) is 0 Å². The minimum absolute atomic E-state index is 0.494. The van der Waals surface area contributed by atoms with Gasteiger partial charge in [0.1, 0.15) is 4.99 Å². The Bertz CT molecular complexity index is 470. The predicted octanol–water partition coefficient (Wildman–Crippen LogP) is 3.64. The fourth-order valence-corrected chi connectivity index (χ4v) is 3.37. The highest BCUT2D eigenvalue weighted by Crippen LogP contribution is 2.32. The van der Waals surface area contributed by atoms with Gasteiger partial charge in [-0.15, -0.1) is 0 Å². The van der Waals surface area contributed by atoms with E-state index in [4.69, 9.17) is 18.0 Å². The maximum Gasteiger partial charge on any atom is 0.106 e. The lowest BCUT2D eigenvalue weighted by Crippen LogP contribution is -2.39. The largest absolute Gasteiger partial charge is 0.389 e. The van der Waals surface area contributed by atoms with E-state index in [1.54, 1.807) is 0 Å². The summed E-state index contributed by atoms with van der Waals surface area (Å²) in [6.07, 6.45) is 5.28. The summed E-state index contributed by atoms with van der Waals surface area (Å²) >= 11 is 5.21. The number of hydrogen-bond acceptors (Lipinski definition) is 2. The molecule has 0 radical (unpaired) electrons. The van der Waals surface area contributed by atoms with Gasteiger partial charge in [-0.3, -0.25) is 0 Å². The molecule has 0 heterocycles. The normalized spacial score (nSPS) is 23.1. The first-order chi connectivity index (χ1) is 9.00. The van der Waals surface area contributed by atoms with Gasteiger partial charge in [0.25, 0.3) is 0 Å². The van der Waals surface area contributed by atoms with Crippen LogP contribution in [0.2, 0.25) is 0 Å². The molecule has 1 aliphatic carbocycles. The highest BCUT2D eigenvalue weighted by molar-refractivity contribution is 7.80. The van der Waals surface area contributed by atoms with E-state index in [0.29, 0.717) is 11.0 Å². The second-order valence-electron chi connectivity index (χ2n) is 5.82. The van der Waals surface area contributed by atoms with Gasteiger partial charge >= 0.3 is 0 Å². The van der Waals surface area contributed by atoms with Gasteiger partial charge in [-0.2, -0.15) is 0 Å². The molecule has 0 saturated heterocycles. The second kappa shape index (κ2) is 5.91. The van der Waals surface area contributed by atoms with Crippen LogP contribution in [-0.2, 0) is 0 Å². The van der Waals surface area contributed by atoms with Gasteiger partial charge in [0.2, 0.25) is 0 Å². The zero-order chi connectivity index (χ0) is 14.0. The molecule has 1 fully saturated rings. The van der Waals surface area contributed by atoms with Gasteiger partial charge in [-0.25, -0.2) is 0 Å². The molecule has 2 unspecified atom stereocenters. The first-order valence-electron chi connectivity index (χ1n) is 7.14. The Balaban J connectivity index is 2.32. The zero-order valence-corrected chi connectivity index (χ0v) is 13.0. The van der Waals surface area contributed by atoms with Crippen molar-refractivity contribution in [2.45, 2.75) is 45.6 Å². The molecular formula is C16H24N2S. The fraction of sp³-hybridized carbons (Fsp3) is 0.562. The number of rotatable bonds is 3. The molecule has 0 bridgehead atoms. The summed E-state index contributed by atoms with van der Waals surface area (Å²) in [6, 6.07) is 7.00. The average molecular weight is 276 g/mol. The Morgan fingerprint density at radius 1 is 1.32 bits per heavy atom. The Hall–Kier alpha value is -1.09. The molecule has 2 nitrogen and oxygen atoms in total. The van der Waals surface area contributed by atoms with Crippen molar-refractivity contribution in [3.05, 3.63) is 29.3 Å². The van der Waals surface area contributed by atoms with Crippen molar-refractivity contribution in [1.29, 1.82) is 0 Å². The first kappa shape index (κ1) is 14.3. The molecule has 3 heteroatoms. The Labute approximate surface area is 122 Å². The maximum absolute atomic E-state index is 5.89. The molecule has 0 aromatic heterocycles. The molecule has 104 valence electrons. The number of anilines is 1. The SMILES string of the molecule is Cc1ccc(N(C)C2CCCCC2C)c(C(N)=S)c1. The topological polar surface area (TPSA) is 29.3 Å². The Morgan fingerprint density at radius 3 is 2.63 bits per heavy atom. The van der Waals surface area contributed by atoms with Crippen molar-refractivity contribution in [3.63, 3.8) is 0 Å². The lowest BCUT2D eigenvalue weighted by molar-refractivity contribution is 0.321. The minimum atomic E-state index is 0.494. The third-order valence-corrected chi connectivity index (χ3v) is 4.58. The summed E-state index contributed by atoms with van der Waals surface area (Å²) in [7, 11) is 2.18. The van der Waals surface area contributed by atoms with Crippen LogP contribution in [0.4, 0.5) is 5.69 Å². The van der Waals surface area contributed by atoms with E-state index < -0.39 is 0 Å². The van der Waals surface area contributed by atoms with Gasteiger partial charge in [-0.05, 0) is 37.8 Å². The lowest BCUT2D eigenvalue weighted by atomic mass is 9.84. The van der Waals surface area contributed by atoms with Crippen LogP contribution in [0.3, 0.4) is 0 Å². The van der Waals surface area contributed by atoms with Gasteiger partial charge in [0, 0.05) is 24.3 Å². The molecule has 0 aliphatic heterocycles. The van der Waals surface area contributed by atoms with Crippen LogP contribution >= 0.6 is 12.2 Å². The monoisotopic (exact) mass is 276 g/mol. The molecule has 0 spiro atoms. The summed E-state index contributed by atoms with van der Waals surface area (Å²) in [5.41, 5.74) is 9.28. The molecule has 0 amide bonds. The Morgan fingerprint density at radius 2 is 2.00 bits per heavy atom. The number of aryl methyl sites for hydroxylation is 1. The van der Waals surface area contributed by atoms with Crippen LogP contribution in [0.25, 0.3) is 0 Å². The quantitative estimate of drug-likeness (QED) is 0.855. The summed E-state index contributed by atoms with van der Waals surface area (Å²) in [4.78, 5) is 2.88. The minimum Gasteiger partial charge on any atom is -0.389 e. The van der Waals surface area contributed by atoms with Gasteiger partial charge in [0.15, 0.2) is 0 Å². The van der Waals surface area contributed by atoms with E-state index >= 15 is 0 Å². The number of nitrogens with two attached hydrogens (primary N) is 1. The van der Waals surface area contributed by atoms with Crippen LogP contribution in [0.15, 0.2) is 18.2 Å². The molecule has 2 atom stereocenters. The van der Waals surface area contributed by atoms with Crippen LogP contribution in [-0.4, -0.2) is 18.1 Å². The summed E-state index contributed by atoms with van der Waals surface area (Å²) < 4.78 is 0. The highest BCUT2D eigenvalue weighted by Gasteiger charge is 2.26. The van der Waals surface area contributed by atoms with Crippen LogP contribution < -0.4 is 10.6 Å². The fourth-order valence-electron chi connectivity index (χ4n) is 3.21. The number of thiocarbonyl (C=S) groups is 1. The first-order valence-corrected chi connectivity index (χ1v) is 7.55. The van der Waals surface area contributed by atoms with E-state index in [9.17, 15) is 0 Å². The third-order valence-electron chi connectivity index (χ3n) is 4.36. The summed E-state index contributed by atoms with van der Waals surface area (Å²) in [5, 5.41) is 0. The van der Waals surface area contributed by atoms with E-state index in [-0.39, 0.29) is 0 Å². The van der Waals surface area contributed by atoms with Gasteiger partial charge in [-0.1, -0.05) is 43.6 Å². The van der Waals surface area contributed by atoms with E-state index in [0.717, 1.165) is 11.5 Å². The van der Waals surface area contributed by atoms with Gasteiger partial charge < -0.3 is 10.6 Å². The van der Waals surface area contributed by atoms with Gasteiger partial charge in [0.05, 0.1) is 0 Å². The molecule has 1 saturated carbocycles. The zero-order valence-electron chi connectivity index (χ0n) is 12.1. The Kier molecular flexibility index (Phi) is 4.46. The van der Waals surface area contributed by atoms with Crippen molar-refractivity contribution in [2.24, 2.45) is 11.7 Å². The van der Waals surface area contributed by atoms with E-state index in [2.05, 4.69) is 44.0 Å². The van der Waals surface area contributed by atoms with E-state index in [1.165, 1.54) is 36.9 Å².